The second kappa shape index (κ2) is 8.44. The molecule has 1 atom stereocenters. The normalized spacial score (nSPS) is 16.4. The van der Waals surface area contributed by atoms with E-state index >= 15 is 0 Å². The highest BCUT2D eigenvalue weighted by Gasteiger charge is 2.43. The van der Waals surface area contributed by atoms with E-state index in [4.69, 9.17) is 16.3 Å². The summed E-state index contributed by atoms with van der Waals surface area (Å²) in [6.07, 6.45) is -0.0594. The molecule has 28 heavy (non-hydrogen) atoms. The lowest BCUT2D eigenvalue weighted by Crippen LogP contribution is -2.44. The summed E-state index contributed by atoms with van der Waals surface area (Å²) >= 11 is 6.20. The van der Waals surface area contributed by atoms with Gasteiger partial charge in [0.15, 0.2) is 0 Å². The zero-order valence-electron chi connectivity index (χ0n) is 15.7. The van der Waals surface area contributed by atoms with Crippen LogP contribution >= 0.6 is 11.6 Å². The van der Waals surface area contributed by atoms with E-state index in [1.807, 2.05) is 13.0 Å². The monoisotopic (exact) mass is 400 g/mol. The minimum Gasteiger partial charge on any atom is -0.494 e. The molecule has 0 N–H and O–H groups in total. The van der Waals surface area contributed by atoms with E-state index in [1.54, 1.807) is 42.5 Å². The maximum absolute atomic E-state index is 13.0. The third-order valence-electron chi connectivity index (χ3n) is 4.61. The number of imide groups is 1. The zero-order chi connectivity index (χ0) is 20.3. The van der Waals surface area contributed by atoms with Crippen LogP contribution in [0, 0.1) is 0 Å². The number of ether oxygens (including phenoxy) is 1. The highest BCUT2D eigenvalue weighted by Crippen LogP contribution is 2.29. The first-order chi connectivity index (χ1) is 13.4. The third-order valence-corrected chi connectivity index (χ3v) is 4.98. The molecular weight excluding hydrogens is 380 g/mol. The highest BCUT2D eigenvalue weighted by molar-refractivity contribution is 6.31. The quantitative estimate of drug-likeness (QED) is 0.697. The number of hydrogen-bond donors (Lipinski definition) is 0. The zero-order valence-corrected chi connectivity index (χ0v) is 16.5. The van der Waals surface area contributed by atoms with Gasteiger partial charge in [0.25, 0.3) is 5.91 Å². The van der Waals surface area contributed by atoms with Gasteiger partial charge in [-0.2, -0.15) is 0 Å². The van der Waals surface area contributed by atoms with Crippen molar-refractivity contribution in [3.05, 3.63) is 59.1 Å². The molecule has 6 nitrogen and oxygen atoms in total. The van der Waals surface area contributed by atoms with Crippen molar-refractivity contribution in [2.24, 2.45) is 0 Å². The van der Waals surface area contributed by atoms with Gasteiger partial charge in [-0.15, -0.1) is 0 Å². The van der Waals surface area contributed by atoms with E-state index in [1.165, 1.54) is 11.8 Å². The van der Waals surface area contributed by atoms with Crippen LogP contribution in [-0.2, 0) is 20.9 Å². The van der Waals surface area contributed by atoms with Crippen molar-refractivity contribution in [3.8, 4) is 5.75 Å². The molecule has 1 aliphatic rings. The van der Waals surface area contributed by atoms with Gasteiger partial charge in [0.05, 0.1) is 18.7 Å². The van der Waals surface area contributed by atoms with Gasteiger partial charge >= 0.3 is 0 Å². The number of amides is 3. The van der Waals surface area contributed by atoms with Gasteiger partial charge in [0, 0.05) is 18.5 Å². The summed E-state index contributed by atoms with van der Waals surface area (Å²) in [5.41, 5.74) is 1.18. The van der Waals surface area contributed by atoms with E-state index in [-0.39, 0.29) is 24.8 Å². The predicted octanol–water partition coefficient (Wildman–Crippen LogP) is 3.42. The topological polar surface area (TPSA) is 66.9 Å². The maximum atomic E-state index is 13.0. The van der Waals surface area contributed by atoms with Gasteiger partial charge in [-0.1, -0.05) is 29.8 Å². The Bertz CT molecular complexity index is 898. The van der Waals surface area contributed by atoms with Crippen molar-refractivity contribution in [2.75, 3.05) is 11.5 Å². The van der Waals surface area contributed by atoms with E-state index < -0.39 is 11.9 Å². The largest absolute Gasteiger partial charge is 0.494 e. The molecule has 0 aromatic heterocycles. The first kappa shape index (κ1) is 19.9. The van der Waals surface area contributed by atoms with Crippen LogP contribution in [0.1, 0.15) is 25.8 Å². The summed E-state index contributed by atoms with van der Waals surface area (Å²) in [7, 11) is 0. The second-order valence-electron chi connectivity index (χ2n) is 6.45. The Morgan fingerprint density at radius 3 is 2.46 bits per heavy atom. The van der Waals surface area contributed by atoms with Crippen molar-refractivity contribution in [1.82, 2.24) is 4.90 Å². The number of halogens is 1. The number of rotatable bonds is 6. The average Bonchev–Trinajstić information content (AvgIpc) is 2.96. The Balaban J connectivity index is 1.84. The van der Waals surface area contributed by atoms with Crippen LogP contribution in [-0.4, -0.2) is 35.3 Å². The predicted molar refractivity (Wildman–Crippen MR) is 106 cm³/mol. The Labute approximate surface area is 168 Å². The molecule has 0 bridgehead atoms. The Morgan fingerprint density at radius 2 is 1.86 bits per heavy atom. The molecule has 2 aromatic carbocycles. The fraction of sp³-hybridized carbons (Fsp3) is 0.286. The first-order valence-corrected chi connectivity index (χ1v) is 9.40. The number of nitrogens with zero attached hydrogens (tertiary/aromatic N) is 2. The van der Waals surface area contributed by atoms with Crippen molar-refractivity contribution >= 4 is 35.0 Å². The molecule has 1 fully saturated rings. The SMILES string of the molecule is CCOc1ccc(N2C(=O)CC(N(Cc3ccccc3Cl)C(C)=O)C2=O)cc1. The van der Waals surface area contributed by atoms with Crippen molar-refractivity contribution in [3.63, 3.8) is 0 Å². The molecule has 2 aromatic rings. The van der Waals surface area contributed by atoms with E-state index in [0.29, 0.717) is 23.1 Å². The van der Waals surface area contributed by atoms with E-state index in [9.17, 15) is 14.4 Å². The van der Waals surface area contributed by atoms with E-state index in [0.717, 1.165) is 10.5 Å². The lowest BCUT2D eigenvalue weighted by molar-refractivity contribution is -0.137. The lowest BCUT2D eigenvalue weighted by Gasteiger charge is -2.27. The maximum Gasteiger partial charge on any atom is 0.257 e. The van der Waals surface area contributed by atoms with Crippen LogP contribution in [0.25, 0.3) is 0 Å². The molecule has 0 radical (unpaired) electrons. The minimum atomic E-state index is -0.854. The fourth-order valence-electron chi connectivity index (χ4n) is 3.24. The fourth-order valence-corrected chi connectivity index (χ4v) is 3.44. The Morgan fingerprint density at radius 1 is 1.18 bits per heavy atom. The summed E-state index contributed by atoms with van der Waals surface area (Å²) in [5.74, 6) is -0.397. The Kier molecular flexibility index (Phi) is 5.99. The number of carbonyl (C=O) groups excluding carboxylic acids is 3. The molecular formula is C21H21ClN2O4. The standard InChI is InChI=1S/C21H21ClN2O4/c1-3-28-17-10-8-16(9-11-17)24-20(26)12-19(21(24)27)23(14(2)25)13-15-6-4-5-7-18(15)22/h4-11,19H,3,12-13H2,1-2H3. The summed E-state index contributed by atoms with van der Waals surface area (Å²) in [5, 5.41) is 0.508. The molecule has 3 rings (SSSR count). The lowest BCUT2D eigenvalue weighted by atomic mass is 10.1. The van der Waals surface area contributed by atoms with Crippen molar-refractivity contribution < 1.29 is 19.1 Å². The van der Waals surface area contributed by atoms with Crippen LogP contribution in [0.5, 0.6) is 5.75 Å². The molecule has 3 amide bonds. The van der Waals surface area contributed by atoms with E-state index in [2.05, 4.69) is 0 Å². The number of anilines is 1. The summed E-state index contributed by atoms with van der Waals surface area (Å²) in [4.78, 5) is 40.3. The van der Waals surface area contributed by atoms with Gasteiger partial charge in [-0.05, 0) is 42.8 Å². The number of carbonyl (C=O) groups is 3. The highest BCUT2D eigenvalue weighted by atomic mass is 35.5. The molecule has 7 heteroatoms. The van der Waals surface area contributed by atoms with Gasteiger partial charge in [-0.3, -0.25) is 14.4 Å². The molecule has 1 heterocycles. The molecule has 1 saturated heterocycles. The van der Waals surface area contributed by atoms with Crippen molar-refractivity contribution in [1.29, 1.82) is 0 Å². The van der Waals surface area contributed by atoms with Crippen LogP contribution in [0.15, 0.2) is 48.5 Å². The van der Waals surface area contributed by atoms with Gasteiger partial charge in [0.2, 0.25) is 11.8 Å². The van der Waals surface area contributed by atoms with Crippen LogP contribution < -0.4 is 9.64 Å². The molecule has 1 unspecified atom stereocenters. The molecule has 0 saturated carbocycles. The van der Waals surface area contributed by atoms with Crippen LogP contribution in [0.4, 0.5) is 5.69 Å². The summed E-state index contributed by atoms with van der Waals surface area (Å²) in [6.45, 7) is 3.95. The summed E-state index contributed by atoms with van der Waals surface area (Å²) < 4.78 is 5.39. The van der Waals surface area contributed by atoms with Gasteiger partial charge < -0.3 is 9.64 Å². The molecule has 0 aliphatic carbocycles. The first-order valence-electron chi connectivity index (χ1n) is 9.02. The van der Waals surface area contributed by atoms with Crippen molar-refractivity contribution in [2.45, 2.75) is 32.9 Å². The molecule has 1 aliphatic heterocycles. The van der Waals surface area contributed by atoms with Gasteiger partial charge in [0.1, 0.15) is 11.8 Å². The number of hydrogen-bond acceptors (Lipinski definition) is 4. The molecule has 0 spiro atoms. The third kappa shape index (κ3) is 4.02. The Hall–Kier alpha value is -2.86. The second-order valence-corrected chi connectivity index (χ2v) is 6.86. The number of benzene rings is 2. The summed E-state index contributed by atoms with van der Waals surface area (Å²) in [6, 6.07) is 13.0. The smallest absolute Gasteiger partial charge is 0.257 e. The van der Waals surface area contributed by atoms with Crippen LogP contribution in [0.2, 0.25) is 5.02 Å². The minimum absolute atomic E-state index is 0.0594. The average molecular weight is 401 g/mol. The van der Waals surface area contributed by atoms with Gasteiger partial charge in [-0.25, -0.2) is 4.90 Å². The van der Waals surface area contributed by atoms with Crippen LogP contribution in [0.3, 0.4) is 0 Å². The molecule has 146 valence electrons.